The van der Waals surface area contributed by atoms with Gasteiger partial charge in [-0.3, -0.25) is 9.36 Å². The number of rotatable bonds is 9. The van der Waals surface area contributed by atoms with E-state index in [1.807, 2.05) is 66.7 Å². The Hall–Kier alpha value is -3.70. The fraction of sp³-hybridized carbons (Fsp3) is 0.200. The van der Waals surface area contributed by atoms with Crippen LogP contribution in [-0.2, 0) is 14.8 Å². The van der Waals surface area contributed by atoms with Crippen molar-refractivity contribution in [3.8, 4) is 5.75 Å². The lowest BCUT2D eigenvalue weighted by Gasteiger charge is -2.26. The maximum Gasteiger partial charge on any atom is 0.257 e. The van der Waals surface area contributed by atoms with E-state index in [1.165, 1.54) is 35.3 Å². The molecule has 0 spiro atoms. The van der Waals surface area contributed by atoms with Gasteiger partial charge in [0, 0.05) is 24.9 Å². The van der Waals surface area contributed by atoms with Crippen LogP contribution in [0.5, 0.6) is 5.75 Å². The summed E-state index contributed by atoms with van der Waals surface area (Å²) in [5.41, 5.74) is 3.19. The number of carbonyl (C=O) groups excluding carboxylic acids is 1. The molecule has 4 aromatic rings. The van der Waals surface area contributed by atoms with Gasteiger partial charge in [-0.1, -0.05) is 72.4 Å². The van der Waals surface area contributed by atoms with E-state index >= 15 is 0 Å². The predicted molar refractivity (Wildman–Crippen MR) is 158 cm³/mol. The number of allylic oxidation sites excluding steroid dienone is 1. The summed E-state index contributed by atoms with van der Waals surface area (Å²) in [7, 11) is -2.30. The second-order valence-electron chi connectivity index (χ2n) is 8.94. The van der Waals surface area contributed by atoms with E-state index < -0.39 is 10.0 Å². The molecule has 0 bridgehead atoms. The second kappa shape index (κ2) is 12.6. The third-order valence-corrected chi connectivity index (χ3v) is 9.19. The number of morpholine rings is 1. The Kier molecular flexibility index (Phi) is 8.81. The van der Waals surface area contributed by atoms with Crippen molar-refractivity contribution in [1.82, 2.24) is 13.9 Å². The molecule has 10 heteroatoms. The fourth-order valence-electron chi connectivity index (χ4n) is 4.35. The minimum Gasteiger partial charge on any atom is -0.495 e. The molecule has 1 aliphatic heterocycles. The first kappa shape index (κ1) is 27.9. The molecule has 0 unspecified atom stereocenters. The molecule has 0 radical (unpaired) electrons. The lowest BCUT2D eigenvalue weighted by atomic mass is 10.2. The smallest absolute Gasteiger partial charge is 0.257 e. The van der Waals surface area contributed by atoms with Gasteiger partial charge in [0.25, 0.3) is 5.91 Å². The minimum absolute atomic E-state index is 0.0863. The molecular weight excluding hydrogens is 546 g/mol. The number of para-hydroxylation sites is 2. The molecule has 5 rings (SSSR count). The Morgan fingerprint density at radius 3 is 2.52 bits per heavy atom. The number of hydrogen-bond donors (Lipinski definition) is 0. The van der Waals surface area contributed by atoms with Crippen molar-refractivity contribution in [2.45, 2.75) is 10.1 Å². The molecule has 1 aromatic heterocycles. The zero-order valence-corrected chi connectivity index (χ0v) is 23.6. The molecule has 2 heterocycles. The van der Waals surface area contributed by atoms with E-state index in [0.717, 1.165) is 16.6 Å². The Bertz CT molecular complexity index is 1660. The van der Waals surface area contributed by atoms with Gasteiger partial charge in [-0.25, -0.2) is 13.4 Å². The van der Waals surface area contributed by atoms with Crippen LogP contribution in [0.2, 0.25) is 0 Å². The Balaban J connectivity index is 1.36. The average Bonchev–Trinajstić information content (AvgIpc) is 3.37. The molecule has 0 amide bonds. The Morgan fingerprint density at radius 1 is 1.00 bits per heavy atom. The molecule has 0 N–H and O–H groups in total. The maximum absolute atomic E-state index is 13.4. The van der Waals surface area contributed by atoms with Crippen molar-refractivity contribution >= 4 is 50.9 Å². The van der Waals surface area contributed by atoms with Gasteiger partial charge in [0.1, 0.15) is 10.6 Å². The van der Waals surface area contributed by atoms with Crippen LogP contribution < -0.4 is 4.74 Å². The van der Waals surface area contributed by atoms with Gasteiger partial charge >= 0.3 is 0 Å². The van der Waals surface area contributed by atoms with Crippen molar-refractivity contribution in [3.05, 3.63) is 96.1 Å². The molecule has 8 nitrogen and oxygen atoms in total. The highest BCUT2D eigenvalue weighted by Crippen LogP contribution is 2.29. The number of aromatic nitrogens is 2. The quantitative estimate of drug-likeness (QED) is 0.200. The van der Waals surface area contributed by atoms with Crippen LogP contribution in [0.15, 0.2) is 95.0 Å². The first-order chi connectivity index (χ1) is 19.5. The summed E-state index contributed by atoms with van der Waals surface area (Å²) in [6.45, 7) is 1.31. The normalized spacial score (nSPS) is 14.8. The van der Waals surface area contributed by atoms with Crippen molar-refractivity contribution in [2.75, 3.05) is 39.2 Å². The summed E-state index contributed by atoms with van der Waals surface area (Å²) in [5.74, 6) is 0.605. The minimum atomic E-state index is -3.73. The van der Waals surface area contributed by atoms with Gasteiger partial charge in [0.15, 0.2) is 5.16 Å². The zero-order valence-electron chi connectivity index (χ0n) is 22.0. The van der Waals surface area contributed by atoms with E-state index in [0.29, 0.717) is 42.8 Å². The van der Waals surface area contributed by atoms with Gasteiger partial charge in [0.05, 0.1) is 31.4 Å². The van der Waals surface area contributed by atoms with Gasteiger partial charge in [-0.2, -0.15) is 4.31 Å². The first-order valence-corrected chi connectivity index (χ1v) is 15.2. The fourth-order valence-corrected chi connectivity index (χ4v) is 6.72. The topological polar surface area (TPSA) is 90.7 Å². The molecule has 1 aliphatic rings. The lowest BCUT2D eigenvalue weighted by Crippen LogP contribution is -2.40. The third kappa shape index (κ3) is 6.20. The van der Waals surface area contributed by atoms with E-state index in [9.17, 15) is 13.2 Å². The number of imidazole rings is 1. The molecule has 40 heavy (non-hydrogen) atoms. The average molecular weight is 576 g/mol. The number of nitrogens with zero attached hydrogens (tertiary/aromatic N) is 3. The number of benzene rings is 3. The lowest BCUT2D eigenvalue weighted by molar-refractivity contribution is 0.0729. The van der Waals surface area contributed by atoms with Gasteiger partial charge in [-0.05, 0) is 41.5 Å². The number of methoxy groups -OCH3 is 1. The van der Waals surface area contributed by atoms with Gasteiger partial charge in [-0.15, -0.1) is 0 Å². The summed E-state index contributed by atoms with van der Waals surface area (Å²) in [6, 6.07) is 22.3. The Morgan fingerprint density at radius 2 is 1.75 bits per heavy atom. The van der Waals surface area contributed by atoms with Crippen LogP contribution in [0, 0.1) is 0 Å². The van der Waals surface area contributed by atoms with Crippen LogP contribution in [0.25, 0.3) is 23.2 Å². The van der Waals surface area contributed by atoms with Crippen LogP contribution in [-0.4, -0.2) is 67.3 Å². The predicted octanol–water partition coefficient (Wildman–Crippen LogP) is 5.22. The summed E-state index contributed by atoms with van der Waals surface area (Å²) < 4.78 is 40.0. The molecule has 3 aromatic carbocycles. The molecule has 0 saturated carbocycles. The van der Waals surface area contributed by atoms with E-state index in [4.69, 9.17) is 9.47 Å². The van der Waals surface area contributed by atoms with E-state index in [1.54, 1.807) is 22.8 Å². The highest BCUT2D eigenvalue weighted by atomic mass is 32.2. The molecule has 1 fully saturated rings. The maximum atomic E-state index is 13.4. The van der Waals surface area contributed by atoms with Crippen molar-refractivity contribution in [2.24, 2.45) is 0 Å². The summed E-state index contributed by atoms with van der Waals surface area (Å²) >= 11 is 1.48. The first-order valence-electron chi connectivity index (χ1n) is 12.8. The van der Waals surface area contributed by atoms with E-state index in [2.05, 4.69) is 4.98 Å². The number of sulfonamides is 1. The number of carbonyl (C=O) groups is 1. The molecule has 0 atom stereocenters. The molecule has 0 aliphatic carbocycles. The largest absolute Gasteiger partial charge is 0.495 e. The number of thioether (sulfide) groups is 1. The Labute approximate surface area is 238 Å². The highest BCUT2D eigenvalue weighted by molar-refractivity contribution is 7.99. The summed E-state index contributed by atoms with van der Waals surface area (Å²) in [4.78, 5) is 18.2. The van der Waals surface area contributed by atoms with E-state index in [-0.39, 0.29) is 16.6 Å². The molecule has 206 valence electrons. The van der Waals surface area contributed by atoms with Crippen LogP contribution >= 0.6 is 11.8 Å². The van der Waals surface area contributed by atoms with Gasteiger partial charge < -0.3 is 9.47 Å². The van der Waals surface area contributed by atoms with Crippen LogP contribution in [0.1, 0.15) is 15.9 Å². The van der Waals surface area contributed by atoms with Crippen LogP contribution in [0.3, 0.4) is 0 Å². The summed E-state index contributed by atoms with van der Waals surface area (Å²) in [6.07, 6.45) is 7.19. The zero-order chi connectivity index (χ0) is 28.0. The van der Waals surface area contributed by atoms with Crippen LogP contribution in [0.4, 0.5) is 0 Å². The number of hydrogen-bond acceptors (Lipinski definition) is 7. The standard InChI is InChI=1S/C30H29N3O5S2/c1-37-27-22-24(13-15-28(27)40(35,36)32-17-19-38-20-18-32)14-16-29(34)33-26-12-6-5-11-25(26)31-30(33)39-21-7-10-23-8-3-2-4-9-23/h2-16,22H,17-21H2,1H3. The monoisotopic (exact) mass is 575 g/mol. The van der Waals surface area contributed by atoms with Crippen molar-refractivity contribution in [1.29, 1.82) is 0 Å². The second-order valence-corrected chi connectivity index (χ2v) is 11.8. The number of ether oxygens (including phenoxy) is 2. The SMILES string of the molecule is COc1cc(C=CC(=O)n2c(SCC=Cc3ccccc3)nc3ccccc32)ccc1S(=O)(=O)N1CCOCC1. The van der Waals surface area contributed by atoms with Crippen molar-refractivity contribution in [3.63, 3.8) is 0 Å². The molecule has 1 saturated heterocycles. The third-order valence-electron chi connectivity index (χ3n) is 6.36. The van der Waals surface area contributed by atoms with Crippen molar-refractivity contribution < 1.29 is 22.7 Å². The summed E-state index contributed by atoms with van der Waals surface area (Å²) in [5, 5.41) is 0.595. The highest BCUT2D eigenvalue weighted by Gasteiger charge is 2.29. The van der Waals surface area contributed by atoms with Gasteiger partial charge in [0.2, 0.25) is 10.0 Å². The number of fused-ring (bicyclic) bond motifs is 1. The molecular formula is C30H29N3O5S2.